The molecule has 1 heterocycles. The van der Waals surface area contributed by atoms with Crippen molar-refractivity contribution in [3.63, 3.8) is 0 Å². The molecule has 0 bridgehead atoms. The van der Waals surface area contributed by atoms with Crippen molar-refractivity contribution in [2.75, 3.05) is 23.9 Å². The molecule has 19 heavy (non-hydrogen) atoms. The Bertz CT molecular complexity index is 420. The lowest BCUT2D eigenvalue weighted by molar-refractivity contribution is 0.187. The molecule has 108 valence electrons. The van der Waals surface area contributed by atoms with E-state index in [4.69, 9.17) is 5.84 Å². The maximum absolute atomic E-state index is 9.37. The van der Waals surface area contributed by atoms with Gasteiger partial charge in [0.2, 0.25) is 0 Å². The van der Waals surface area contributed by atoms with Crippen molar-refractivity contribution in [1.29, 1.82) is 0 Å². The van der Waals surface area contributed by atoms with Crippen molar-refractivity contribution in [3.8, 4) is 0 Å². The highest BCUT2D eigenvalue weighted by atomic mass is 16.3. The van der Waals surface area contributed by atoms with E-state index in [1.54, 1.807) is 6.92 Å². The molecule has 0 radical (unpaired) electrons. The van der Waals surface area contributed by atoms with Crippen LogP contribution in [-0.4, -0.2) is 34.8 Å². The summed E-state index contributed by atoms with van der Waals surface area (Å²) in [6.45, 7) is 8.55. The molecule has 0 spiro atoms. The molecule has 0 saturated heterocycles. The number of rotatable bonds is 6. The summed E-state index contributed by atoms with van der Waals surface area (Å²) < 4.78 is 0. The molecule has 1 rings (SSSR count). The Labute approximate surface area is 115 Å². The number of nitrogen functional groups attached to an aromatic ring is 1. The first-order valence-corrected chi connectivity index (χ1v) is 6.61. The summed E-state index contributed by atoms with van der Waals surface area (Å²) in [5.41, 5.74) is 3.54. The number of aromatic nitrogens is 2. The van der Waals surface area contributed by atoms with Crippen LogP contribution in [0.5, 0.6) is 0 Å². The topological polar surface area (TPSA) is 87.3 Å². The van der Waals surface area contributed by atoms with Crippen molar-refractivity contribution >= 4 is 11.6 Å². The lowest BCUT2D eigenvalue weighted by atomic mass is 10.2. The van der Waals surface area contributed by atoms with E-state index in [0.29, 0.717) is 12.2 Å². The molecule has 0 aliphatic carbocycles. The van der Waals surface area contributed by atoms with Gasteiger partial charge in [-0.15, -0.1) is 0 Å². The lowest BCUT2D eigenvalue weighted by Crippen LogP contribution is -2.25. The molecule has 6 heteroatoms. The molecule has 0 aliphatic heterocycles. The number of aliphatic hydroxyl groups is 1. The number of nitrogens with zero attached hydrogens (tertiary/aromatic N) is 3. The van der Waals surface area contributed by atoms with Crippen LogP contribution in [0.4, 0.5) is 11.6 Å². The zero-order chi connectivity index (χ0) is 14.6. The highest BCUT2D eigenvalue weighted by Gasteiger charge is 2.15. The average molecular weight is 267 g/mol. The Hall–Kier alpha value is -1.40. The van der Waals surface area contributed by atoms with E-state index in [9.17, 15) is 5.11 Å². The van der Waals surface area contributed by atoms with Crippen molar-refractivity contribution in [1.82, 2.24) is 9.97 Å². The largest absolute Gasteiger partial charge is 0.393 e. The van der Waals surface area contributed by atoms with E-state index >= 15 is 0 Å². The Balaban J connectivity index is 3.07. The third-order valence-electron chi connectivity index (χ3n) is 3.03. The van der Waals surface area contributed by atoms with Gasteiger partial charge in [-0.25, -0.2) is 15.8 Å². The Kier molecular flexibility index (Phi) is 5.50. The van der Waals surface area contributed by atoms with Gasteiger partial charge in [0, 0.05) is 25.1 Å². The quantitative estimate of drug-likeness (QED) is 0.533. The number of hydrogen-bond donors (Lipinski definition) is 3. The first-order valence-electron chi connectivity index (χ1n) is 6.61. The lowest BCUT2D eigenvalue weighted by Gasteiger charge is -2.23. The summed E-state index contributed by atoms with van der Waals surface area (Å²) in [6.07, 6.45) is 0.378. The summed E-state index contributed by atoms with van der Waals surface area (Å²) >= 11 is 0. The molecule has 0 fully saturated rings. The Morgan fingerprint density at radius 3 is 2.42 bits per heavy atom. The van der Waals surface area contributed by atoms with Gasteiger partial charge >= 0.3 is 0 Å². The van der Waals surface area contributed by atoms with Gasteiger partial charge in [-0.2, -0.15) is 0 Å². The van der Waals surface area contributed by atoms with Crippen molar-refractivity contribution in [2.45, 2.75) is 46.1 Å². The fraction of sp³-hybridized carbons (Fsp3) is 0.692. The molecule has 0 amide bonds. The molecular formula is C13H25N5O. The molecule has 1 unspecified atom stereocenters. The normalized spacial score (nSPS) is 12.6. The van der Waals surface area contributed by atoms with E-state index in [1.165, 1.54) is 0 Å². The summed E-state index contributed by atoms with van der Waals surface area (Å²) in [6, 6.07) is 0. The third kappa shape index (κ3) is 4.04. The average Bonchev–Trinajstić information content (AvgIpc) is 2.35. The number of anilines is 2. The number of aliphatic hydroxyl groups excluding tert-OH is 1. The summed E-state index contributed by atoms with van der Waals surface area (Å²) in [7, 11) is 1.96. The Morgan fingerprint density at radius 2 is 1.95 bits per heavy atom. The van der Waals surface area contributed by atoms with Gasteiger partial charge in [-0.05, 0) is 20.3 Å². The molecule has 0 aromatic carbocycles. The number of hydrazine groups is 1. The summed E-state index contributed by atoms with van der Waals surface area (Å²) in [4.78, 5) is 11.0. The van der Waals surface area contributed by atoms with E-state index < -0.39 is 0 Å². The van der Waals surface area contributed by atoms with E-state index in [2.05, 4.69) is 15.4 Å². The maximum atomic E-state index is 9.37. The minimum Gasteiger partial charge on any atom is -0.393 e. The molecule has 1 aromatic heterocycles. The molecule has 1 aromatic rings. The maximum Gasteiger partial charge on any atom is 0.148 e. The standard InChI is InChI=1S/C13H25N5O/c1-8(2)11-15-12(17-14)10(4)13(16-11)18(5)7-6-9(3)19/h8-9,19H,6-7,14H2,1-5H3,(H,15,16,17). The van der Waals surface area contributed by atoms with Crippen molar-refractivity contribution in [3.05, 3.63) is 11.4 Å². The van der Waals surface area contributed by atoms with Crippen LogP contribution in [0, 0.1) is 6.92 Å². The molecule has 0 aliphatic rings. The summed E-state index contributed by atoms with van der Waals surface area (Å²) in [5.74, 6) is 8.01. The zero-order valence-electron chi connectivity index (χ0n) is 12.4. The van der Waals surface area contributed by atoms with E-state index in [-0.39, 0.29) is 12.0 Å². The summed E-state index contributed by atoms with van der Waals surface area (Å²) in [5, 5.41) is 9.37. The van der Waals surface area contributed by atoms with Gasteiger partial charge in [-0.3, -0.25) is 0 Å². The van der Waals surface area contributed by atoms with Crippen LogP contribution in [-0.2, 0) is 0 Å². The third-order valence-corrected chi connectivity index (χ3v) is 3.03. The van der Waals surface area contributed by atoms with Crippen LogP contribution < -0.4 is 16.2 Å². The molecule has 0 saturated carbocycles. The van der Waals surface area contributed by atoms with Gasteiger partial charge in [0.25, 0.3) is 0 Å². The Morgan fingerprint density at radius 1 is 1.32 bits per heavy atom. The van der Waals surface area contributed by atoms with Crippen molar-refractivity contribution in [2.24, 2.45) is 5.84 Å². The van der Waals surface area contributed by atoms with Gasteiger partial charge < -0.3 is 15.4 Å². The van der Waals surface area contributed by atoms with Gasteiger partial charge in [0.15, 0.2) is 0 Å². The second kappa shape index (κ2) is 6.68. The minimum absolute atomic E-state index is 0.233. The predicted octanol–water partition coefficient (Wildman–Crippen LogP) is 1.40. The first-order chi connectivity index (χ1) is 8.86. The van der Waals surface area contributed by atoms with Gasteiger partial charge in [0.05, 0.1) is 6.10 Å². The zero-order valence-corrected chi connectivity index (χ0v) is 12.4. The molecule has 6 nitrogen and oxygen atoms in total. The van der Waals surface area contributed by atoms with Crippen LogP contribution in [0.2, 0.25) is 0 Å². The highest BCUT2D eigenvalue weighted by molar-refractivity contribution is 5.58. The van der Waals surface area contributed by atoms with Crippen LogP contribution >= 0.6 is 0 Å². The fourth-order valence-electron chi connectivity index (χ4n) is 1.78. The minimum atomic E-state index is -0.318. The SMILES string of the molecule is Cc1c(NN)nc(C(C)C)nc1N(C)CCC(C)O. The van der Waals surface area contributed by atoms with Gasteiger partial charge in [0.1, 0.15) is 17.5 Å². The molecule has 4 N–H and O–H groups in total. The van der Waals surface area contributed by atoms with Crippen molar-refractivity contribution < 1.29 is 5.11 Å². The fourth-order valence-corrected chi connectivity index (χ4v) is 1.78. The molecule has 1 atom stereocenters. The smallest absolute Gasteiger partial charge is 0.148 e. The first kappa shape index (κ1) is 15.7. The number of hydrogen-bond acceptors (Lipinski definition) is 6. The van der Waals surface area contributed by atoms with Crippen LogP contribution in [0.3, 0.4) is 0 Å². The molecular weight excluding hydrogens is 242 g/mol. The second-order valence-electron chi connectivity index (χ2n) is 5.24. The highest BCUT2D eigenvalue weighted by Crippen LogP contribution is 2.25. The van der Waals surface area contributed by atoms with Gasteiger partial charge in [-0.1, -0.05) is 13.8 Å². The van der Waals surface area contributed by atoms with E-state index in [0.717, 1.165) is 23.8 Å². The second-order valence-corrected chi connectivity index (χ2v) is 5.24. The predicted molar refractivity (Wildman–Crippen MR) is 78.2 cm³/mol. The van der Waals surface area contributed by atoms with Crippen LogP contribution in [0.15, 0.2) is 0 Å². The van der Waals surface area contributed by atoms with Crippen LogP contribution in [0.25, 0.3) is 0 Å². The van der Waals surface area contributed by atoms with E-state index in [1.807, 2.05) is 32.7 Å². The monoisotopic (exact) mass is 267 g/mol. The number of nitrogens with one attached hydrogen (secondary N) is 1. The number of nitrogens with two attached hydrogens (primary N) is 1. The van der Waals surface area contributed by atoms with Crippen LogP contribution in [0.1, 0.15) is 44.5 Å².